The zero-order valence-corrected chi connectivity index (χ0v) is 12.9. The van der Waals surface area contributed by atoms with Gasteiger partial charge in [-0.2, -0.15) is 0 Å². The van der Waals surface area contributed by atoms with Gasteiger partial charge in [0.25, 0.3) is 0 Å². The highest BCUT2D eigenvalue weighted by atomic mass is 32.2. The molecule has 0 saturated heterocycles. The zero-order chi connectivity index (χ0) is 15.0. The van der Waals surface area contributed by atoms with Crippen LogP contribution in [0.1, 0.15) is 30.9 Å². The summed E-state index contributed by atoms with van der Waals surface area (Å²) in [5, 5.41) is 9.17. The Morgan fingerprint density at radius 2 is 2.05 bits per heavy atom. The second kappa shape index (κ2) is 8.36. The minimum absolute atomic E-state index is 0.171. The second-order valence-corrected chi connectivity index (χ2v) is 6.30. The van der Waals surface area contributed by atoms with Crippen molar-refractivity contribution >= 4 is 10.0 Å². The third-order valence-corrected chi connectivity index (χ3v) is 4.64. The Balaban J connectivity index is 2.61. The molecule has 1 aromatic rings. The number of rotatable bonds is 9. The molecule has 2 N–H and O–H groups in total. The topological polar surface area (TPSA) is 75.6 Å². The molecule has 0 radical (unpaired) electrons. The maximum Gasteiger partial charge on any atom is 0.240 e. The van der Waals surface area contributed by atoms with Crippen molar-refractivity contribution < 1.29 is 18.3 Å². The molecular formula is C14H23NO4S. The largest absolute Gasteiger partial charge is 0.392 e. The summed E-state index contributed by atoms with van der Waals surface area (Å²) in [5.74, 6) is 0. The van der Waals surface area contributed by atoms with E-state index in [0.29, 0.717) is 24.3 Å². The van der Waals surface area contributed by atoms with Crippen molar-refractivity contribution in [2.45, 2.75) is 38.2 Å². The fourth-order valence-electron chi connectivity index (χ4n) is 1.80. The number of benzene rings is 1. The first-order valence-corrected chi connectivity index (χ1v) is 8.28. The monoisotopic (exact) mass is 301 g/mol. The molecule has 6 heteroatoms. The molecule has 0 atom stereocenters. The first-order chi connectivity index (χ1) is 9.53. The molecule has 114 valence electrons. The van der Waals surface area contributed by atoms with Crippen LogP contribution in [0.3, 0.4) is 0 Å². The van der Waals surface area contributed by atoms with E-state index < -0.39 is 10.0 Å². The Hall–Kier alpha value is -0.950. The SMILES string of the molecule is CCCCOCCNS(=O)(=O)c1cccc(CO)c1C. The normalized spacial score (nSPS) is 11.8. The highest BCUT2D eigenvalue weighted by molar-refractivity contribution is 7.89. The molecule has 1 rings (SSSR count). The van der Waals surface area contributed by atoms with E-state index in [1.807, 2.05) is 0 Å². The number of hydrogen-bond acceptors (Lipinski definition) is 4. The molecule has 20 heavy (non-hydrogen) atoms. The highest BCUT2D eigenvalue weighted by Gasteiger charge is 2.17. The number of nitrogens with one attached hydrogen (secondary N) is 1. The van der Waals surface area contributed by atoms with E-state index in [0.717, 1.165) is 12.8 Å². The van der Waals surface area contributed by atoms with Crippen LogP contribution in [0.2, 0.25) is 0 Å². The molecule has 0 aliphatic heterocycles. The van der Waals surface area contributed by atoms with Gasteiger partial charge in [0.05, 0.1) is 18.1 Å². The Bertz CT molecular complexity index is 514. The molecule has 5 nitrogen and oxygen atoms in total. The number of aliphatic hydroxyl groups is 1. The Morgan fingerprint density at radius 1 is 1.30 bits per heavy atom. The van der Waals surface area contributed by atoms with Gasteiger partial charge in [-0.15, -0.1) is 0 Å². The molecule has 0 amide bonds. The number of unbranched alkanes of at least 4 members (excludes halogenated alkanes) is 1. The van der Waals surface area contributed by atoms with Crippen molar-refractivity contribution in [1.29, 1.82) is 0 Å². The summed E-state index contributed by atoms with van der Waals surface area (Å²) in [6, 6.07) is 4.88. The van der Waals surface area contributed by atoms with Crippen LogP contribution < -0.4 is 4.72 Å². The number of sulfonamides is 1. The number of hydrogen-bond donors (Lipinski definition) is 2. The van der Waals surface area contributed by atoms with Gasteiger partial charge < -0.3 is 9.84 Å². The van der Waals surface area contributed by atoms with Crippen LogP contribution in [0.25, 0.3) is 0 Å². The van der Waals surface area contributed by atoms with Crippen molar-refractivity contribution in [2.24, 2.45) is 0 Å². The molecule has 0 aliphatic carbocycles. The van der Waals surface area contributed by atoms with E-state index in [1.54, 1.807) is 19.1 Å². The molecule has 0 unspecified atom stereocenters. The van der Waals surface area contributed by atoms with Gasteiger partial charge in [-0.1, -0.05) is 25.5 Å². The van der Waals surface area contributed by atoms with Crippen LogP contribution in [-0.4, -0.2) is 33.3 Å². The van der Waals surface area contributed by atoms with E-state index in [1.165, 1.54) is 6.07 Å². The fraction of sp³-hybridized carbons (Fsp3) is 0.571. The van der Waals surface area contributed by atoms with Gasteiger partial charge in [0.15, 0.2) is 0 Å². The zero-order valence-electron chi connectivity index (χ0n) is 12.1. The smallest absolute Gasteiger partial charge is 0.240 e. The summed E-state index contributed by atoms with van der Waals surface area (Å²) in [7, 11) is -3.56. The Labute approximate surface area is 121 Å². The quantitative estimate of drug-likeness (QED) is 0.679. The predicted molar refractivity (Wildman–Crippen MR) is 78.0 cm³/mol. The summed E-state index contributed by atoms with van der Waals surface area (Å²) in [6.45, 7) is 4.85. The molecule has 0 aliphatic rings. The van der Waals surface area contributed by atoms with Gasteiger partial charge >= 0.3 is 0 Å². The van der Waals surface area contributed by atoms with E-state index >= 15 is 0 Å². The van der Waals surface area contributed by atoms with Gasteiger partial charge in [0.2, 0.25) is 10.0 Å². The van der Waals surface area contributed by atoms with Crippen LogP contribution in [0.5, 0.6) is 0 Å². The first kappa shape index (κ1) is 17.1. The predicted octanol–water partition coefficient (Wildman–Crippen LogP) is 1.58. The van der Waals surface area contributed by atoms with Crippen molar-refractivity contribution in [1.82, 2.24) is 4.72 Å². The number of ether oxygens (including phenoxy) is 1. The third kappa shape index (κ3) is 4.86. The lowest BCUT2D eigenvalue weighted by molar-refractivity contribution is 0.136. The van der Waals surface area contributed by atoms with Crippen LogP contribution in [0.15, 0.2) is 23.1 Å². The standard InChI is InChI=1S/C14H23NO4S/c1-3-4-9-19-10-8-15-20(17,18)14-7-5-6-13(11-16)12(14)2/h5-7,15-16H,3-4,8-11H2,1-2H3. The summed E-state index contributed by atoms with van der Waals surface area (Å²) in [5.41, 5.74) is 1.20. The Kier molecular flexibility index (Phi) is 7.15. The molecule has 0 bridgehead atoms. The molecule has 0 saturated carbocycles. The maximum absolute atomic E-state index is 12.2. The van der Waals surface area contributed by atoms with Gasteiger partial charge in [0.1, 0.15) is 0 Å². The molecule has 0 heterocycles. The Morgan fingerprint density at radius 3 is 2.70 bits per heavy atom. The third-order valence-electron chi connectivity index (χ3n) is 3.04. The fourth-order valence-corrected chi connectivity index (χ4v) is 3.10. The van der Waals surface area contributed by atoms with Crippen molar-refractivity contribution in [3.05, 3.63) is 29.3 Å². The lowest BCUT2D eigenvalue weighted by Gasteiger charge is -2.11. The maximum atomic E-state index is 12.2. The summed E-state index contributed by atoms with van der Waals surface area (Å²) in [6.07, 6.45) is 2.03. The van der Waals surface area contributed by atoms with Gasteiger partial charge in [-0.3, -0.25) is 0 Å². The lowest BCUT2D eigenvalue weighted by Crippen LogP contribution is -2.28. The summed E-state index contributed by atoms with van der Waals surface area (Å²) < 4.78 is 32.1. The average molecular weight is 301 g/mol. The first-order valence-electron chi connectivity index (χ1n) is 6.79. The second-order valence-electron chi connectivity index (χ2n) is 4.56. The van der Waals surface area contributed by atoms with E-state index in [-0.39, 0.29) is 18.0 Å². The van der Waals surface area contributed by atoms with E-state index in [9.17, 15) is 8.42 Å². The van der Waals surface area contributed by atoms with Crippen LogP contribution in [0, 0.1) is 6.92 Å². The minimum Gasteiger partial charge on any atom is -0.392 e. The van der Waals surface area contributed by atoms with Crippen LogP contribution in [0.4, 0.5) is 0 Å². The van der Waals surface area contributed by atoms with Crippen LogP contribution >= 0.6 is 0 Å². The number of aliphatic hydroxyl groups excluding tert-OH is 1. The summed E-state index contributed by atoms with van der Waals surface area (Å²) >= 11 is 0. The van der Waals surface area contributed by atoms with Crippen molar-refractivity contribution in [3.8, 4) is 0 Å². The molecule has 1 aromatic carbocycles. The lowest BCUT2D eigenvalue weighted by atomic mass is 10.1. The molecular weight excluding hydrogens is 278 g/mol. The molecule has 0 spiro atoms. The van der Waals surface area contributed by atoms with E-state index in [4.69, 9.17) is 9.84 Å². The molecule has 0 fully saturated rings. The minimum atomic E-state index is -3.56. The van der Waals surface area contributed by atoms with Crippen molar-refractivity contribution in [2.75, 3.05) is 19.8 Å². The van der Waals surface area contributed by atoms with Gasteiger partial charge in [-0.25, -0.2) is 13.1 Å². The van der Waals surface area contributed by atoms with Crippen LogP contribution in [-0.2, 0) is 21.4 Å². The van der Waals surface area contributed by atoms with Crippen molar-refractivity contribution in [3.63, 3.8) is 0 Å². The van der Waals surface area contributed by atoms with Gasteiger partial charge in [-0.05, 0) is 30.5 Å². The van der Waals surface area contributed by atoms with Gasteiger partial charge in [0, 0.05) is 13.2 Å². The van der Waals surface area contributed by atoms with E-state index in [2.05, 4.69) is 11.6 Å². The average Bonchev–Trinajstić information content (AvgIpc) is 2.42. The summed E-state index contributed by atoms with van der Waals surface area (Å²) in [4.78, 5) is 0.206. The highest BCUT2D eigenvalue weighted by Crippen LogP contribution is 2.18. The molecule has 0 aromatic heterocycles.